The second-order valence-electron chi connectivity index (χ2n) is 5.08. The fourth-order valence-corrected chi connectivity index (χ4v) is 2.12. The zero-order chi connectivity index (χ0) is 14.4. The Morgan fingerprint density at radius 2 is 2.20 bits per heavy atom. The highest BCUT2D eigenvalue weighted by Crippen LogP contribution is 2.12. The molecule has 1 amide bonds. The molecule has 2 rings (SSSR count). The first-order valence-corrected chi connectivity index (χ1v) is 7.07. The minimum Gasteiger partial charge on any atom is -0.491 e. The third-order valence-electron chi connectivity index (χ3n) is 3.39. The number of hydrogen-bond donors (Lipinski definition) is 3. The van der Waals surface area contributed by atoms with Crippen LogP contribution in [0.15, 0.2) is 24.3 Å². The van der Waals surface area contributed by atoms with Gasteiger partial charge >= 0.3 is 0 Å². The van der Waals surface area contributed by atoms with E-state index < -0.39 is 6.10 Å². The third kappa shape index (κ3) is 4.51. The van der Waals surface area contributed by atoms with Gasteiger partial charge in [0.1, 0.15) is 18.5 Å². The van der Waals surface area contributed by atoms with Crippen LogP contribution in [0.1, 0.15) is 18.9 Å². The van der Waals surface area contributed by atoms with Gasteiger partial charge in [-0.15, -0.1) is 0 Å². The number of hydrogen-bond acceptors (Lipinski definition) is 4. The Bertz CT molecular complexity index is 433. The van der Waals surface area contributed by atoms with Gasteiger partial charge in [0.2, 0.25) is 5.91 Å². The molecule has 2 atom stereocenters. The first kappa shape index (κ1) is 14.8. The van der Waals surface area contributed by atoms with E-state index in [-0.39, 0.29) is 18.6 Å². The second-order valence-corrected chi connectivity index (χ2v) is 5.08. The first-order chi connectivity index (χ1) is 9.67. The molecule has 5 heteroatoms. The van der Waals surface area contributed by atoms with Gasteiger partial charge in [-0.25, -0.2) is 0 Å². The number of benzene rings is 1. The summed E-state index contributed by atoms with van der Waals surface area (Å²) < 4.78 is 5.53. The lowest BCUT2D eigenvalue weighted by Crippen LogP contribution is -2.39. The van der Waals surface area contributed by atoms with E-state index >= 15 is 0 Å². The summed E-state index contributed by atoms with van der Waals surface area (Å²) in [5, 5.41) is 15.7. The highest BCUT2D eigenvalue weighted by atomic mass is 16.5. The maximum atomic E-state index is 11.0. The largest absolute Gasteiger partial charge is 0.491 e. The standard InChI is InChI=1S/C15H22N2O3/c1-2-11-3-5-14(6-4-11)20-10-13(18)9-16-12-7-15(19)17-8-12/h3-6,12-13,16,18H,2,7-10H2,1H3,(H,17,19). The van der Waals surface area contributed by atoms with Crippen LogP contribution < -0.4 is 15.4 Å². The minimum absolute atomic E-state index is 0.0595. The Balaban J connectivity index is 1.66. The van der Waals surface area contributed by atoms with Gasteiger partial charge in [0.25, 0.3) is 0 Å². The third-order valence-corrected chi connectivity index (χ3v) is 3.39. The average Bonchev–Trinajstić information content (AvgIpc) is 2.89. The van der Waals surface area contributed by atoms with Crippen molar-refractivity contribution in [2.24, 2.45) is 0 Å². The highest BCUT2D eigenvalue weighted by molar-refractivity contribution is 5.78. The molecule has 1 saturated heterocycles. The molecular formula is C15H22N2O3. The molecule has 1 fully saturated rings. The number of aliphatic hydroxyl groups is 1. The molecule has 1 aliphatic rings. The number of aryl methyl sites for hydroxylation is 1. The normalized spacial score (nSPS) is 19.7. The van der Waals surface area contributed by atoms with Crippen LogP contribution in [0.3, 0.4) is 0 Å². The van der Waals surface area contributed by atoms with Crippen molar-refractivity contribution in [3.05, 3.63) is 29.8 Å². The Kier molecular flexibility index (Phi) is 5.38. The van der Waals surface area contributed by atoms with Crippen LogP contribution in [0.2, 0.25) is 0 Å². The molecule has 0 bridgehead atoms. The molecule has 5 nitrogen and oxygen atoms in total. The lowest BCUT2D eigenvalue weighted by Gasteiger charge is -2.16. The molecule has 0 spiro atoms. The molecule has 0 saturated carbocycles. The summed E-state index contributed by atoms with van der Waals surface area (Å²) in [5.41, 5.74) is 1.26. The molecule has 0 aliphatic carbocycles. The zero-order valence-corrected chi connectivity index (χ0v) is 11.8. The van der Waals surface area contributed by atoms with Crippen molar-refractivity contribution in [2.45, 2.75) is 31.9 Å². The fraction of sp³-hybridized carbons (Fsp3) is 0.533. The van der Waals surface area contributed by atoms with Gasteiger partial charge < -0.3 is 20.5 Å². The molecule has 1 aliphatic heterocycles. The van der Waals surface area contributed by atoms with Crippen LogP contribution in [-0.4, -0.2) is 42.9 Å². The minimum atomic E-state index is -0.587. The lowest BCUT2D eigenvalue weighted by atomic mass is 10.2. The molecule has 3 N–H and O–H groups in total. The van der Waals surface area contributed by atoms with Gasteiger partial charge in [0, 0.05) is 25.6 Å². The predicted octanol–water partition coefficient (Wildman–Crippen LogP) is 0.467. The summed E-state index contributed by atoms with van der Waals surface area (Å²) in [7, 11) is 0. The van der Waals surface area contributed by atoms with E-state index in [9.17, 15) is 9.90 Å². The monoisotopic (exact) mass is 278 g/mol. The molecule has 1 aromatic rings. The second kappa shape index (κ2) is 7.26. The van der Waals surface area contributed by atoms with Gasteiger partial charge in [0.05, 0.1) is 0 Å². The molecule has 1 heterocycles. The summed E-state index contributed by atoms with van der Waals surface area (Å²) >= 11 is 0. The SMILES string of the molecule is CCc1ccc(OCC(O)CNC2CNC(=O)C2)cc1. The van der Waals surface area contributed by atoms with E-state index in [4.69, 9.17) is 4.74 Å². The highest BCUT2D eigenvalue weighted by Gasteiger charge is 2.21. The molecule has 1 aromatic carbocycles. The number of rotatable bonds is 7. The van der Waals surface area contributed by atoms with E-state index in [1.807, 2.05) is 24.3 Å². The van der Waals surface area contributed by atoms with Crippen molar-refractivity contribution < 1.29 is 14.6 Å². The van der Waals surface area contributed by atoms with Crippen LogP contribution in [-0.2, 0) is 11.2 Å². The summed E-state index contributed by atoms with van der Waals surface area (Å²) in [5.74, 6) is 0.822. The number of amides is 1. The van der Waals surface area contributed by atoms with Crippen molar-refractivity contribution in [1.82, 2.24) is 10.6 Å². The molecule has 20 heavy (non-hydrogen) atoms. The van der Waals surface area contributed by atoms with E-state index in [0.29, 0.717) is 19.5 Å². The van der Waals surface area contributed by atoms with Crippen molar-refractivity contribution in [3.63, 3.8) is 0 Å². The topological polar surface area (TPSA) is 70.6 Å². The van der Waals surface area contributed by atoms with Gasteiger partial charge in [0.15, 0.2) is 0 Å². The summed E-state index contributed by atoms with van der Waals surface area (Å²) in [6, 6.07) is 7.99. The number of ether oxygens (including phenoxy) is 1. The van der Waals surface area contributed by atoms with E-state index in [0.717, 1.165) is 12.2 Å². The maximum absolute atomic E-state index is 11.0. The quantitative estimate of drug-likeness (QED) is 0.678. The van der Waals surface area contributed by atoms with Gasteiger partial charge in [-0.1, -0.05) is 19.1 Å². The molecular weight excluding hydrogens is 256 g/mol. The molecule has 110 valence electrons. The van der Waals surface area contributed by atoms with E-state index in [1.54, 1.807) is 0 Å². The number of nitrogens with one attached hydrogen (secondary N) is 2. The maximum Gasteiger partial charge on any atom is 0.221 e. The summed E-state index contributed by atoms with van der Waals surface area (Å²) in [6.45, 7) is 3.40. The Labute approximate surface area is 119 Å². The molecule has 2 unspecified atom stereocenters. The van der Waals surface area contributed by atoms with Crippen LogP contribution in [0.4, 0.5) is 0 Å². The lowest BCUT2D eigenvalue weighted by molar-refractivity contribution is -0.119. The Morgan fingerprint density at radius 1 is 1.45 bits per heavy atom. The van der Waals surface area contributed by atoms with Crippen molar-refractivity contribution in [3.8, 4) is 5.75 Å². The number of carbonyl (C=O) groups excluding carboxylic acids is 1. The fourth-order valence-electron chi connectivity index (χ4n) is 2.12. The van der Waals surface area contributed by atoms with Crippen molar-refractivity contribution in [2.75, 3.05) is 19.7 Å². The number of carbonyl (C=O) groups is 1. The Morgan fingerprint density at radius 3 is 2.80 bits per heavy atom. The van der Waals surface area contributed by atoms with Gasteiger partial charge in [-0.3, -0.25) is 4.79 Å². The van der Waals surface area contributed by atoms with Gasteiger partial charge in [-0.2, -0.15) is 0 Å². The smallest absolute Gasteiger partial charge is 0.221 e. The van der Waals surface area contributed by atoms with Crippen LogP contribution in [0.5, 0.6) is 5.75 Å². The predicted molar refractivity (Wildman–Crippen MR) is 76.7 cm³/mol. The van der Waals surface area contributed by atoms with Crippen LogP contribution in [0.25, 0.3) is 0 Å². The molecule has 0 radical (unpaired) electrons. The summed E-state index contributed by atoms with van der Waals surface area (Å²) in [4.78, 5) is 11.0. The average molecular weight is 278 g/mol. The molecule has 0 aromatic heterocycles. The zero-order valence-electron chi connectivity index (χ0n) is 11.8. The van der Waals surface area contributed by atoms with Crippen LogP contribution in [0, 0.1) is 0 Å². The van der Waals surface area contributed by atoms with E-state index in [2.05, 4.69) is 17.6 Å². The van der Waals surface area contributed by atoms with Gasteiger partial charge in [-0.05, 0) is 24.1 Å². The number of aliphatic hydroxyl groups excluding tert-OH is 1. The summed E-state index contributed by atoms with van der Waals surface area (Å²) in [6.07, 6.45) is 0.893. The van der Waals surface area contributed by atoms with Crippen molar-refractivity contribution in [1.29, 1.82) is 0 Å². The Hall–Kier alpha value is -1.59. The van der Waals surface area contributed by atoms with Crippen molar-refractivity contribution >= 4 is 5.91 Å². The van der Waals surface area contributed by atoms with Crippen LogP contribution >= 0.6 is 0 Å². The first-order valence-electron chi connectivity index (χ1n) is 7.07. The van der Waals surface area contributed by atoms with E-state index in [1.165, 1.54) is 5.56 Å².